The van der Waals surface area contributed by atoms with Gasteiger partial charge in [0.2, 0.25) is 0 Å². The summed E-state index contributed by atoms with van der Waals surface area (Å²) in [5.41, 5.74) is 9.77. The Morgan fingerprint density at radius 2 is 1.05 bits per heavy atom. The van der Waals surface area contributed by atoms with Gasteiger partial charge in [0, 0.05) is 5.57 Å². The van der Waals surface area contributed by atoms with Gasteiger partial charge in [-0.05, 0) is 96.3 Å². The molecule has 0 aliphatic heterocycles. The number of aliphatic hydroxyl groups excluding tert-OH is 1. The summed E-state index contributed by atoms with van der Waals surface area (Å²) in [5.74, 6) is 6.43. The molecule has 2 nitrogen and oxygen atoms in total. The number of allylic oxidation sites excluding steroid dienone is 1. The van der Waals surface area contributed by atoms with Gasteiger partial charge in [-0.2, -0.15) is 0 Å². The summed E-state index contributed by atoms with van der Waals surface area (Å²) in [6, 6.07) is 29.8. The molecular weight excluding hydrogens is 529 g/mol. The molecule has 4 aromatic carbocycles. The quantitative estimate of drug-likeness (QED) is 0.143. The molecule has 0 atom stereocenters. The summed E-state index contributed by atoms with van der Waals surface area (Å²) in [4.78, 5) is 0. The van der Waals surface area contributed by atoms with Crippen LogP contribution in [0.5, 0.6) is 0 Å². The van der Waals surface area contributed by atoms with E-state index in [4.69, 9.17) is 4.43 Å². The van der Waals surface area contributed by atoms with Crippen LogP contribution in [0.15, 0.2) is 90.7 Å². The standard InChI is InChI=1S/C39H44O2Si/c1-27-23-29(3)36(30(4)24-27)38(37-31(5)25-28(2)26-32(37)6)35(40)21-16-22-41-42(39(7,8)9,33-17-12-10-13-18-33)34-19-14-11-15-20-34/h10-15,17-20,23-26,40H,22H2,1-9H3. The average Bonchev–Trinajstić information content (AvgIpc) is 2.91. The highest BCUT2D eigenvalue weighted by Gasteiger charge is 2.50. The molecule has 0 radical (unpaired) electrons. The molecule has 0 amide bonds. The van der Waals surface area contributed by atoms with Crippen LogP contribution in [-0.4, -0.2) is 20.0 Å². The third-order valence-electron chi connectivity index (χ3n) is 8.08. The normalized spacial score (nSPS) is 11.5. The Hall–Kier alpha value is -3.84. The fourth-order valence-corrected chi connectivity index (χ4v) is 11.0. The Morgan fingerprint density at radius 1 is 0.667 bits per heavy atom. The highest BCUT2D eigenvalue weighted by atomic mass is 28.4. The van der Waals surface area contributed by atoms with Crippen LogP contribution in [0.2, 0.25) is 5.04 Å². The summed E-state index contributed by atoms with van der Waals surface area (Å²) in [5, 5.41) is 14.0. The minimum Gasteiger partial charge on any atom is -0.500 e. The van der Waals surface area contributed by atoms with Gasteiger partial charge in [-0.15, -0.1) is 0 Å². The maximum absolute atomic E-state index is 11.7. The van der Waals surface area contributed by atoms with Crippen molar-refractivity contribution in [3.63, 3.8) is 0 Å². The third kappa shape index (κ3) is 6.16. The molecule has 1 N–H and O–H groups in total. The van der Waals surface area contributed by atoms with Crippen molar-refractivity contribution in [3.8, 4) is 11.8 Å². The second kappa shape index (κ2) is 12.6. The summed E-state index contributed by atoms with van der Waals surface area (Å²) in [7, 11) is -2.72. The van der Waals surface area contributed by atoms with Gasteiger partial charge in [-0.1, -0.05) is 123 Å². The van der Waals surface area contributed by atoms with Gasteiger partial charge in [0.15, 0.2) is 5.76 Å². The molecule has 4 aromatic rings. The molecule has 4 rings (SSSR count). The van der Waals surface area contributed by atoms with Crippen LogP contribution in [0.4, 0.5) is 0 Å². The average molecular weight is 573 g/mol. The number of aliphatic hydroxyl groups is 1. The Kier molecular flexibility index (Phi) is 9.31. The van der Waals surface area contributed by atoms with Crippen LogP contribution in [0.25, 0.3) is 5.57 Å². The highest BCUT2D eigenvalue weighted by Crippen LogP contribution is 2.37. The lowest BCUT2D eigenvalue weighted by atomic mass is 9.84. The number of hydrogen-bond acceptors (Lipinski definition) is 2. The predicted molar refractivity (Wildman–Crippen MR) is 181 cm³/mol. The molecule has 0 fully saturated rings. The molecule has 0 bridgehead atoms. The van der Waals surface area contributed by atoms with E-state index in [0.29, 0.717) is 0 Å². The molecule has 216 valence electrons. The van der Waals surface area contributed by atoms with E-state index >= 15 is 0 Å². The topological polar surface area (TPSA) is 29.5 Å². The first-order chi connectivity index (χ1) is 19.9. The molecule has 0 aromatic heterocycles. The number of aryl methyl sites for hydroxylation is 6. The molecule has 0 aliphatic carbocycles. The highest BCUT2D eigenvalue weighted by molar-refractivity contribution is 6.99. The smallest absolute Gasteiger partial charge is 0.262 e. The zero-order valence-corrected chi connectivity index (χ0v) is 27.6. The Bertz CT molecular complexity index is 1520. The van der Waals surface area contributed by atoms with Crippen molar-refractivity contribution in [1.82, 2.24) is 0 Å². The molecule has 0 saturated heterocycles. The zero-order chi connectivity index (χ0) is 30.7. The van der Waals surface area contributed by atoms with E-state index in [9.17, 15) is 5.11 Å². The third-order valence-corrected chi connectivity index (χ3v) is 13.1. The van der Waals surface area contributed by atoms with Gasteiger partial charge in [0.25, 0.3) is 8.32 Å². The van der Waals surface area contributed by atoms with Crippen LogP contribution in [0.3, 0.4) is 0 Å². The second-order valence-corrected chi connectivity index (χ2v) is 16.8. The summed E-state index contributed by atoms with van der Waals surface area (Å²) < 4.78 is 6.97. The van der Waals surface area contributed by atoms with Crippen molar-refractivity contribution in [3.05, 3.63) is 135 Å². The van der Waals surface area contributed by atoms with Crippen molar-refractivity contribution in [2.45, 2.75) is 67.4 Å². The SMILES string of the molecule is Cc1cc(C)c(C(=C(O)C#CCO[Si](c2ccccc2)(c2ccccc2)C(C)(C)C)c2c(C)cc(C)cc2C)c(C)c1. The van der Waals surface area contributed by atoms with Crippen molar-refractivity contribution < 1.29 is 9.53 Å². The van der Waals surface area contributed by atoms with Gasteiger partial charge in [-0.3, -0.25) is 0 Å². The van der Waals surface area contributed by atoms with E-state index in [1.54, 1.807) is 0 Å². The molecular formula is C39H44O2Si. The lowest BCUT2D eigenvalue weighted by Gasteiger charge is -2.42. The summed E-state index contributed by atoms with van der Waals surface area (Å²) in [6.07, 6.45) is 0. The first kappa shape index (κ1) is 31.1. The van der Waals surface area contributed by atoms with Crippen LogP contribution >= 0.6 is 0 Å². The monoisotopic (exact) mass is 572 g/mol. The molecule has 0 spiro atoms. The lowest BCUT2D eigenvalue weighted by Crippen LogP contribution is -2.66. The Morgan fingerprint density at radius 3 is 1.40 bits per heavy atom. The maximum Gasteiger partial charge on any atom is 0.262 e. The molecule has 0 saturated carbocycles. The van der Waals surface area contributed by atoms with Crippen LogP contribution < -0.4 is 10.4 Å². The van der Waals surface area contributed by atoms with Gasteiger partial charge in [-0.25, -0.2) is 0 Å². The first-order valence-electron chi connectivity index (χ1n) is 14.7. The minimum atomic E-state index is -2.72. The second-order valence-electron chi connectivity index (χ2n) is 12.5. The van der Waals surface area contributed by atoms with E-state index < -0.39 is 8.32 Å². The summed E-state index contributed by atoms with van der Waals surface area (Å²) >= 11 is 0. The van der Waals surface area contributed by atoms with Crippen LogP contribution in [-0.2, 0) is 4.43 Å². The van der Waals surface area contributed by atoms with Gasteiger partial charge in [0.05, 0.1) is 6.61 Å². The fourth-order valence-electron chi connectivity index (χ4n) is 6.60. The number of rotatable bonds is 6. The van der Waals surface area contributed by atoms with E-state index in [2.05, 4.69) is 147 Å². The largest absolute Gasteiger partial charge is 0.500 e. The van der Waals surface area contributed by atoms with Crippen molar-refractivity contribution in [1.29, 1.82) is 0 Å². The summed E-state index contributed by atoms with van der Waals surface area (Å²) in [6.45, 7) is 19.7. The first-order valence-corrected chi connectivity index (χ1v) is 16.6. The van der Waals surface area contributed by atoms with E-state index in [1.807, 2.05) is 12.1 Å². The van der Waals surface area contributed by atoms with Crippen molar-refractivity contribution >= 4 is 24.3 Å². The van der Waals surface area contributed by atoms with Gasteiger partial charge in [0.1, 0.15) is 0 Å². The molecule has 42 heavy (non-hydrogen) atoms. The van der Waals surface area contributed by atoms with E-state index in [1.165, 1.54) is 21.5 Å². The molecule has 0 aliphatic rings. The van der Waals surface area contributed by atoms with Gasteiger partial charge < -0.3 is 9.53 Å². The van der Waals surface area contributed by atoms with E-state index in [-0.39, 0.29) is 17.4 Å². The lowest BCUT2D eigenvalue weighted by molar-refractivity contribution is 0.345. The van der Waals surface area contributed by atoms with Crippen LogP contribution in [0.1, 0.15) is 65.3 Å². The van der Waals surface area contributed by atoms with Crippen molar-refractivity contribution in [2.75, 3.05) is 6.61 Å². The van der Waals surface area contributed by atoms with Crippen molar-refractivity contribution in [2.24, 2.45) is 0 Å². The fraction of sp³-hybridized carbons (Fsp3) is 0.282. The zero-order valence-electron chi connectivity index (χ0n) is 26.6. The molecule has 3 heteroatoms. The number of benzene rings is 4. The Balaban J connectivity index is 1.85. The number of hydrogen-bond donors (Lipinski definition) is 1. The maximum atomic E-state index is 11.7. The molecule has 0 unspecified atom stereocenters. The minimum absolute atomic E-state index is 0.0751. The van der Waals surface area contributed by atoms with Gasteiger partial charge >= 0.3 is 0 Å². The molecule has 0 heterocycles. The van der Waals surface area contributed by atoms with E-state index in [0.717, 1.165) is 39.0 Å². The van der Waals surface area contributed by atoms with Crippen LogP contribution in [0, 0.1) is 53.4 Å². The predicted octanol–water partition coefficient (Wildman–Crippen LogP) is 8.43. The Labute approximate surface area is 254 Å².